The van der Waals surface area contributed by atoms with Gasteiger partial charge in [0, 0.05) is 43.7 Å². The summed E-state index contributed by atoms with van der Waals surface area (Å²) < 4.78 is 17.6. The SMILES string of the molecule is c1ccc(-n2c3ccccc3c3c4ccc(-c5cccc(-n6c7ccccc7c7cc(-c8ccc9c(c8)oc8ccccc89)ccc76)c5)cc4oc32)cc1. The van der Waals surface area contributed by atoms with Gasteiger partial charge in [0.25, 0.3) is 0 Å². The molecule has 0 saturated heterocycles. The van der Waals surface area contributed by atoms with Gasteiger partial charge in [0.1, 0.15) is 16.7 Å². The molecule has 0 amide bonds. The second kappa shape index (κ2) is 11.1. The van der Waals surface area contributed by atoms with E-state index in [1.165, 1.54) is 27.2 Å². The van der Waals surface area contributed by atoms with Crippen molar-refractivity contribution in [1.82, 2.24) is 9.13 Å². The van der Waals surface area contributed by atoms with Gasteiger partial charge in [-0.25, -0.2) is 0 Å². The van der Waals surface area contributed by atoms with E-state index in [1.54, 1.807) is 0 Å². The summed E-state index contributed by atoms with van der Waals surface area (Å²) >= 11 is 0. The van der Waals surface area contributed by atoms with Crippen LogP contribution in [0.1, 0.15) is 0 Å². The summed E-state index contributed by atoms with van der Waals surface area (Å²) in [6.07, 6.45) is 0. The van der Waals surface area contributed by atoms with Crippen LogP contribution in [0.15, 0.2) is 191 Å². The molecule has 0 aliphatic rings. The van der Waals surface area contributed by atoms with Gasteiger partial charge in [-0.05, 0) is 101 Å². The smallest absolute Gasteiger partial charge is 0.213 e. The third-order valence-electron chi connectivity index (χ3n) is 11.1. The molecule has 4 heteroatoms. The van der Waals surface area contributed by atoms with Crippen LogP contribution in [-0.2, 0) is 0 Å². The van der Waals surface area contributed by atoms with E-state index in [0.29, 0.717) is 0 Å². The van der Waals surface area contributed by atoms with Crippen LogP contribution in [-0.4, -0.2) is 9.13 Å². The average Bonchev–Trinajstić information content (AvgIpc) is 3.97. The number of furan rings is 2. The molecule has 8 aromatic carbocycles. The molecular weight excluding hydrogens is 661 g/mol. The molecule has 0 bridgehead atoms. The Morgan fingerprint density at radius 2 is 0.870 bits per heavy atom. The van der Waals surface area contributed by atoms with Crippen molar-refractivity contribution in [3.8, 4) is 33.6 Å². The molecule has 12 rings (SSSR count). The van der Waals surface area contributed by atoms with Gasteiger partial charge in [0.2, 0.25) is 5.71 Å². The molecule has 4 nitrogen and oxygen atoms in total. The fraction of sp³-hybridized carbons (Fsp3) is 0. The Bertz CT molecular complexity index is 3450. The first-order valence-corrected chi connectivity index (χ1v) is 18.3. The summed E-state index contributed by atoms with van der Waals surface area (Å²) in [5.41, 5.74) is 13.8. The van der Waals surface area contributed by atoms with Crippen molar-refractivity contribution in [3.05, 3.63) is 182 Å². The predicted molar refractivity (Wildman–Crippen MR) is 223 cm³/mol. The van der Waals surface area contributed by atoms with E-state index in [9.17, 15) is 0 Å². The Balaban J connectivity index is 0.982. The molecule has 54 heavy (non-hydrogen) atoms. The molecule has 0 saturated carbocycles. The van der Waals surface area contributed by atoms with Gasteiger partial charge in [-0.3, -0.25) is 4.57 Å². The lowest BCUT2D eigenvalue weighted by Gasteiger charge is -2.11. The number of hydrogen-bond donors (Lipinski definition) is 0. The normalized spacial score (nSPS) is 12.1. The van der Waals surface area contributed by atoms with Crippen LogP contribution in [0, 0.1) is 0 Å². The summed E-state index contributed by atoms with van der Waals surface area (Å²) in [7, 11) is 0. The molecular formula is C50H30N2O2. The molecule has 0 N–H and O–H groups in total. The van der Waals surface area contributed by atoms with E-state index in [2.05, 4.69) is 173 Å². The van der Waals surface area contributed by atoms with Crippen LogP contribution in [0.5, 0.6) is 0 Å². The first-order chi connectivity index (χ1) is 26.8. The third kappa shape index (κ3) is 4.19. The second-order valence-electron chi connectivity index (χ2n) is 14.1. The van der Waals surface area contributed by atoms with Crippen LogP contribution in [0.3, 0.4) is 0 Å². The van der Waals surface area contributed by atoms with Gasteiger partial charge in [0.15, 0.2) is 0 Å². The van der Waals surface area contributed by atoms with Crippen LogP contribution >= 0.6 is 0 Å². The molecule has 4 heterocycles. The van der Waals surface area contributed by atoms with Crippen molar-refractivity contribution in [3.63, 3.8) is 0 Å². The fourth-order valence-electron chi connectivity index (χ4n) is 8.66. The molecule has 0 spiro atoms. The number of benzene rings is 8. The Kier molecular flexibility index (Phi) is 6.02. The molecule has 0 aliphatic carbocycles. The van der Waals surface area contributed by atoms with Gasteiger partial charge in [-0.2, -0.15) is 0 Å². The highest BCUT2D eigenvalue weighted by molar-refractivity contribution is 6.20. The highest BCUT2D eigenvalue weighted by atomic mass is 16.3. The molecule has 252 valence electrons. The molecule has 12 aromatic rings. The lowest BCUT2D eigenvalue weighted by molar-refractivity contribution is 0.645. The van der Waals surface area contributed by atoms with Gasteiger partial charge in [-0.15, -0.1) is 0 Å². The van der Waals surface area contributed by atoms with Crippen LogP contribution in [0.4, 0.5) is 0 Å². The predicted octanol–water partition coefficient (Wildman–Crippen LogP) is 13.9. The van der Waals surface area contributed by atoms with E-state index in [0.717, 1.165) is 83.2 Å². The van der Waals surface area contributed by atoms with Crippen LogP contribution < -0.4 is 0 Å². The summed E-state index contributed by atoms with van der Waals surface area (Å²) in [4.78, 5) is 0. The zero-order chi connectivity index (χ0) is 35.3. The minimum absolute atomic E-state index is 0.866. The van der Waals surface area contributed by atoms with Crippen molar-refractivity contribution < 1.29 is 8.83 Å². The van der Waals surface area contributed by atoms with E-state index in [-0.39, 0.29) is 0 Å². The number of hydrogen-bond acceptors (Lipinski definition) is 2. The molecule has 0 aliphatic heterocycles. The molecule has 4 aromatic heterocycles. The Morgan fingerprint density at radius 1 is 0.296 bits per heavy atom. The zero-order valence-electron chi connectivity index (χ0n) is 29.0. The number of fused-ring (bicyclic) bond motifs is 11. The number of nitrogens with zero attached hydrogens (tertiary/aromatic N) is 2. The minimum atomic E-state index is 0.866. The molecule has 0 atom stereocenters. The van der Waals surface area contributed by atoms with E-state index in [4.69, 9.17) is 8.83 Å². The Hall–Kier alpha value is -7.30. The van der Waals surface area contributed by atoms with Crippen molar-refractivity contribution in [2.45, 2.75) is 0 Å². The highest BCUT2D eigenvalue weighted by Gasteiger charge is 2.20. The monoisotopic (exact) mass is 690 g/mol. The number of para-hydroxylation sites is 4. The van der Waals surface area contributed by atoms with Gasteiger partial charge in [-0.1, -0.05) is 103 Å². The topological polar surface area (TPSA) is 36.1 Å². The van der Waals surface area contributed by atoms with Crippen molar-refractivity contribution in [2.75, 3.05) is 0 Å². The Morgan fingerprint density at radius 3 is 1.70 bits per heavy atom. The maximum Gasteiger partial charge on any atom is 0.213 e. The highest BCUT2D eigenvalue weighted by Crippen LogP contribution is 2.41. The second-order valence-corrected chi connectivity index (χ2v) is 14.1. The first kappa shape index (κ1) is 29.3. The first-order valence-electron chi connectivity index (χ1n) is 18.3. The maximum atomic E-state index is 6.74. The zero-order valence-corrected chi connectivity index (χ0v) is 29.0. The summed E-state index contributed by atoms with van der Waals surface area (Å²) in [5, 5.41) is 8.18. The summed E-state index contributed by atoms with van der Waals surface area (Å²) in [6.45, 7) is 0. The van der Waals surface area contributed by atoms with Crippen molar-refractivity contribution in [2.24, 2.45) is 0 Å². The third-order valence-corrected chi connectivity index (χ3v) is 11.1. The number of aromatic nitrogens is 2. The molecule has 0 unspecified atom stereocenters. The lowest BCUT2D eigenvalue weighted by atomic mass is 10.0. The maximum absolute atomic E-state index is 6.74. The van der Waals surface area contributed by atoms with E-state index in [1.807, 2.05) is 18.2 Å². The largest absolute Gasteiger partial charge is 0.456 e. The minimum Gasteiger partial charge on any atom is -0.456 e. The number of rotatable bonds is 4. The quantitative estimate of drug-likeness (QED) is 0.184. The van der Waals surface area contributed by atoms with Gasteiger partial charge in [0.05, 0.1) is 21.9 Å². The summed E-state index contributed by atoms with van der Waals surface area (Å²) in [6, 6.07) is 64.8. The molecule has 0 radical (unpaired) electrons. The van der Waals surface area contributed by atoms with Crippen LogP contribution in [0.2, 0.25) is 0 Å². The summed E-state index contributed by atoms with van der Waals surface area (Å²) in [5.74, 6) is 0. The fourth-order valence-corrected chi connectivity index (χ4v) is 8.66. The average molecular weight is 691 g/mol. The van der Waals surface area contributed by atoms with Crippen molar-refractivity contribution >= 4 is 76.7 Å². The Labute approximate surface area is 309 Å². The van der Waals surface area contributed by atoms with Gasteiger partial charge >= 0.3 is 0 Å². The lowest BCUT2D eigenvalue weighted by Crippen LogP contribution is -1.94. The van der Waals surface area contributed by atoms with Crippen molar-refractivity contribution in [1.29, 1.82) is 0 Å². The van der Waals surface area contributed by atoms with E-state index < -0.39 is 0 Å². The van der Waals surface area contributed by atoms with Gasteiger partial charge < -0.3 is 13.4 Å². The van der Waals surface area contributed by atoms with E-state index >= 15 is 0 Å². The molecule has 0 fully saturated rings. The van der Waals surface area contributed by atoms with Crippen LogP contribution in [0.25, 0.3) is 110 Å². The standard InChI is InChI=1S/C50H30N2O2/c1-2-12-35(13-3-1)52-44-19-8-5-17-40(44)49-41-25-22-33(30-48(41)54-50(49)52)31-11-10-14-36(27-31)51-43-18-7-4-15-37(43)42-28-32(23-26-45(42)51)34-21-24-39-38-16-6-9-20-46(38)53-47(39)29-34/h1-30H.